The van der Waals surface area contributed by atoms with Crippen LogP contribution in [0.5, 0.6) is 0 Å². The molecular formula is C10H18N4O2S. The van der Waals surface area contributed by atoms with Crippen LogP contribution in [0.1, 0.15) is 32.1 Å². The van der Waals surface area contributed by atoms with E-state index in [1.807, 2.05) is 0 Å². The van der Waals surface area contributed by atoms with Crippen LogP contribution in [-0.2, 0) is 10.0 Å². The lowest BCUT2D eigenvalue weighted by molar-refractivity contribution is 0.276. The number of hydrogen-bond donors (Lipinski definition) is 3. The van der Waals surface area contributed by atoms with Gasteiger partial charge in [-0.3, -0.25) is 0 Å². The highest BCUT2D eigenvalue weighted by Gasteiger charge is 2.35. The van der Waals surface area contributed by atoms with Gasteiger partial charge in [-0.25, -0.2) is 18.1 Å². The SMILES string of the molecule is NCC1(NS(=O)(=O)c2cnc[nH]2)CCCCC1. The largest absolute Gasteiger partial charge is 0.335 e. The molecule has 6 nitrogen and oxygen atoms in total. The third-order valence-corrected chi connectivity index (χ3v) is 4.82. The van der Waals surface area contributed by atoms with Crippen LogP contribution >= 0.6 is 0 Å². The van der Waals surface area contributed by atoms with E-state index in [1.165, 1.54) is 12.5 Å². The number of aromatic amines is 1. The quantitative estimate of drug-likeness (QED) is 0.725. The Morgan fingerprint density at radius 3 is 2.65 bits per heavy atom. The van der Waals surface area contributed by atoms with Gasteiger partial charge in [0.25, 0.3) is 10.0 Å². The summed E-state index contributed by atoms with van der Waals surface area (Å²) in [5, 5.41) is 0.0934. The van der Waals surface area contributed by atoms with Crippen molar-refractivity contribution in [1.82, 2.24) is 14.7 Å². The van der Waals surface area contributed by atoms with Gasteiger partial charge in [0.2, 0.25) is 0 Å². The first-order valence-corrected chi connectivity index (χ1v) is 7.29. The van der Waals surface area contributed by atoms with Crippen molar-refractivity contribution in [2.24, 2.45) is 5.73 Å². The van der Waals surface area contributed by atoms with E-state index in [-0.39, 0.29) is 5.03 Å². The van der Waals surface area contributed by atoms with Gasteiger partial charge in [-0.2, -0.15) is 0 Å². The number of aromatic nitrogens is 2. The summed E-state index contributed by atoms with van der Waals surface area (Å²) >= 11 is 0. The highest BCUT2D eigenvalue weighted by atomic mass is 32.2. The molecule has 0 unspecified atom stereocenters. The van der Waals surface area contributed by atoms with Crippen LogP contribution in [0.25, 0.3) is 0 Å². The number of nitrogens with one attached hydrogen (secondary N) is 2. The minimum absolute atomic E-state index is 0.0934. The Morgan fingerprint density at radius 2 is 2.12 bits per heavy atom. The second-order valence-corrected chi connectivity index (χ2v) is 6.22. The van der Waals surface area contributed by atoms with E-state index in [9.17, 15) is 8.42 Å². The first-order chi connectivity index (χ1) is 8.08. The molecule has 1 fully saturated rings. The molecule has 17 heavy (non-hydrogen) atoms. The van der Waals surface area contributed by atoms with Crippen LogP contribution in [0.3, 0.4) is 0 Å². The lowest BCUT2D eigenvalue weighted by Gasteiger charge is -2.36. The van der Waals surface area contributed by atoms with Crippen molar-refractivity contribution in [2.45, 2.75) is 42.7 Å². The fourth-order valence-corrected chi connectivity index (χ4v) is 3.68. The summed E-state index contributed by atoms with van der Waals surface area (Å²) < 4.78 is 26.9. The molecule has 1 aromatic heterocycles. The average molecular weight is 258 g/mol. The standard InChI is InChI=1S/C10H18N4O2S/c11-7-10(4-2-1-3-5-10)14-17(15,16)9-6-12-8-13-9/h6,8,14H,1-5,7,11H2,(H,12,13). The molecule has 1 heterocycles. The molecule has 1 aliphatic carbocycles. The molecule has 1 saturated carbocycles. The highest BCUT2D eigenvalue weighted by Crippen LogP contribution is 2.28. The molecule has 2 rings (SSSR count). The topological polar surface area (TPSA) is 101 Å². The number of sulfonamides is 1. The normalized spacial score (nSPS) is 20.3. The van der Waals surface area contributed by atoms with Crippen molar-refractivity contribution in [3.8, 4) is 0 Å². The first-order valence-electron chi connectivity index (χ1n) is 5.80. The maximum Gasteiger partial charge on any atom is 0.258 e. The minimum atomic E-state index is -3.54. The van der Waals surface area contributed by atoms with Crippen LogP contribution in [0.4, 0.5) is 0 Å². The van der Waals surface area contributed by atoms with Crippen LogP contribution in [0, 0.1) is 0 Å². The van der Waals surface area contributed by atoms with Gasteiger partial charge in [0.05, 0.1) is 12.5 Å². The smallest absolute Gasteiger partial charge is 0.258 e. The Kier molecular flexibility index (Phi) is 3.50. The third-order valence-electron chi connectivity index (χ3n) is 3.31. The molecule has 0 saturated heterocycles. The lowest BCUT2D eigenvalue weighted by Crippen LogP contribution is -2.54. The predicted octanol–water partition coefficient (Wildman–Crippen LogP) is 0.350. The molecule has 0 atom stereocenters. The van der Waals surface area contributed by atoms with Gasteiger partial charge >= 0.3 is 0 Å². The summed E-state index contributed by atoms with van der Waals surface area (Å²) in [6.45, 7) is 0.334. The van der Waals surface area contributed by atoms with E-state index >= 15 is 0 Å². The van der Waals surface area contributed by atoms with Crippen molar-refractivity contribution in [3.63, 3.8) is 0 Å². The fraction of sp³-hybridized carbons (Fsp3) is 0.700. The second kappa shape index (κ2) is 4.75. The van der Waals surface area contributed by atoms with E-state index in [0.717, 1.165) is 32.1 Å². The van der Waals surface area contributed by atoms with Gasteiger partial charge in [-0.05, 0) is 12.8 Å². The summed E-state index contributed by atoms with van der Waals surface area (Å²) in [7, 11) is -3.54. The van der Waals surface area contributed by atoms with Crippen molar-refractivity contribution in [1.29, 1.82) is 0 Å². The van der Waals surface area contributed by atoms with E-state index in [0.29, 0.717) is 6.54 Å². The van der Waals surface area contributed by atoms with Gasteiger partial charge in [0, 0.05) is 12.1 Å². The molecule has 7 heteroatoms. The Morgan fingerprint density at radius 1 is 1.41 bits per heavy atom. The van der Waals surface area contributed by atoms with Gasteiger partial charge in [-0.1, -0.05) is 19.3 Å². The monoisotopic (exact) mass is 258 g/mol. The Labute approximate surface area is 101 Å². The van der Waals surface area contributed by atoms with E-state index < -0.39 is 15.6 Å². The van der Waals surface area contributed by atoms with Gasteiger partial charge in [-0.15, -0.1) is 0 Å². The minimum Gasteiger partial charge on any atom is -0.335 e. The fourth-order valence-electron chi connectivity index (χ4n) is 2.31. The maximum absolute atomic E-state index is 12.1. The van der Waals surface area contributed by atoms with Crippen LogP contribution in [0.15, 0.2) is 17.6 Å². The van der Waals surface area contributed by atoms with E-state index in [4.69, 9.17) is 5.73 Å². The first kappa shape index (κ1) is 12.5. The summed E-state index contributed by atoms with van der Waals surface area (Å²) in [5.74, 6) is 0. The molecule has 4 N–H and O–H groups in total. The summed E-state index contributed by atoms with van der Waals surface area (Å²) in [6.07, 6.45) is 7.44. The van der Waals surface area contributed by atoms with Crippen LogP contribution in [-0.4, -0.2) is 30.5 Å². The zero-order valence-electron chi connectivity index (χ0n) is 9.65. The average Bonchev–Trinajstić information content (AvgIpc) is 2.84. The Bertz CT molecular complexity index is 449. The van der Waals surface area contributed by atoms with Crippen LogP contribution in [0.2, 0.25) is 0 Å². The molecule has 0 aromatic carbocycles. The van der Waals surface area contributed by atoms with Crippen molar-refractivity contribution in [2.75, 3.05) is 6.54 Å². The lowest BCUT2D eigenvalue weighted by atomic mass is 9.83. The maximum atomic E-state index is 12.1. The Balaban J connectivity index is 2.19. The summed E-state index contributed by atoms with van der Waals surface area (Å²) in [6, 6.07) is 0. The van der Waals surface area contributed by atoms with Crippen molar-refractivity contribution in [3.05, 3.63) is 12.5 Å². The molecule has 1 aromatic rings. The van der Waals surface area contributed by atoms with Crippen LogP contribution < -0.4 is 10.5 Å². The molecule has 1 aliphatic rings. The number of rotatable bonds is 4. The molecule has 0 bridgehead atoms. The van der Waals surface area contributed by atoms with Gasteiger partial charge in [0.1, 0.15) is 0 Å². The van der Waals surface area contributed by atoms with Crippen molar-refractivity contribution < 1.29 is 8.42 Å². The Hall–Kier alpha value is -0.920. The number of nitrogens with zero attached hydrogens (tertiary/aromatic N) is 1. The summed E-state index contributed by atoms with van der Waals surface area (Å²) in [4.78, 5) is 6.33. The van der Waals surface area contributed by atoms with Gasteiger partial charge in [0.15, 0.2) is 5.03 Å². The highest BCUT2D eigenvalue weighted by molar-refractivity contribution is 7.89. The number of H-pyrrole nitrogens is 1. The number of imidazole rings is 1. The number of nitrogens with two attached hydrogens (primary N) is 1. The number of hydrogen-bond acceptors (Lipinski definition) is 4. The second-order valence-electron chi connectivity index (χ2n) is 4.57. The zero-order chi connectivity index (χ0) is 12.4. The third kappa shape index (κ3) is 2.67. The predicted molar refractivity (Wildman–Crippen MR) is 63.8 cm³/mol. The molecular weight excluding hydrogens is 240 g/mol. The summed E-state index contributed by atoms with van der Waals surface area (Å²) in [5.41, 5.74) is 5.26. The molecule has 0 aliphatic heterocycles. The van der Waals surface area contributed by atoms with E-state index in [1.54, 1.807) is 0 Å². The zero-order valence-corrected chi connectivity index (χ0v) is 10.5. The van der Waals surface area contributed by atoms with E-state index in [2.05, 4.69) is 14.7 Å². The molecule has 0 radical (unpaired) electrons. The molecule has 0 spiro atoms. The van der Waals surface area contributed by atoms with Gasteiger partial charge < -0.3 is 10.7 Å². The van der Waals surface area contributed by atoms with Crippen molar-refractivity contribution >= 4 is 10.0 Å². The molecule has 96 valence electrons. The molecule has 0 amide bonds.